The molecule has 0 spiro atoms. The summed E-state index contributed by atoms with van der Waals surface area (Å²) in [5.74, 6) is 0.0864. The number of nitrogens with zero attached hydrogens (tertiary/aromatic N) is 4. The lowest BCUT2D eigenvalue weighted by Crippen LogP contribution is -2.33. The Morgan fingerprint density at radius 2 is 0.896 bits per heavy atom. The fourth-order valence-corrected chi connectivity index (χ4v) is 8.41. The fraction of sp³-hybridized carbons (Fsp3) is 0.273. The molecule has 5 aromatic carbocycles. The van der Waals surface area contributed by atoms with Crippen LogP contribution in [0.3, 0.4) is 0 Å². The first-order chi connectivity index (χ1) is 23.0. The van der Waals surface area contributed by atoms with E-state index >= 15 is 0 Å². The van der Waals surface area contributed by atoms with Gasteiger partial charge in [-0.15, -0.1) is 0 Å². The second kappa shape index (κ2) is 11.1. The Morgan fingerprint density at radius 3 is 1.21 bits per heavy atom. The van der Waals surface area contributed by atoms with Gasteiger partial charge in [0.1, 0.15) is 6.07 Å². The maximum Gasteiger partial charge on any atom is 0.215 e. The molecule has 0 radical (unpaired) electrons. The molecule has 2 aliphatic rings. The van der Waals surface area contributed by atoms with E-state index in [0.29, 0.717) is 16.9 Å². The number of hydrogen-bond donors (Lipinski definition) is 0. The molecular formula is C44H42N4. The van der Waals surface area contributed by atoms with Crippen LogP contribution in [0.15, 0.2) is 97.1 Å². The highest BCUT2D eigenvalue weighted by Gasteiger charge is 2.43. The Labute approximate surface area is 285 Å². The molecule has 0 N–H and O–H groups in total. The van der Waals surface area contributed by atoms with Crippen molar-refractivity contribution >= 4 is 39.8 Å². The van der Waals surface area contributed by atoms with Crippen LogP contribution in [0, 0.1) is 17.9 Å². The Hall–Kier alpha value is -5.32. The summed E-state index contributed by atoms with van der Waals surface area (Å²) >= 11 is 0. The van der Waals surface area contributed by atoms with Gasteiger partial charge in [0.25, 0.3) is 0 Å². The van der Waals surface area contributed by atoms with Gasteiger partial charge in [-0.25, -0.2) is 4.85 Å². The van der Waals surface area contributed by atoms with Gasteiger partial charge < -0.3 is 9.80 Å². The maximum atomic E-state index is 11.5. The van der Waals surface area contributed by atoms with E-state index < -0.39 is 0 Å². The van der Waals surface area contributed by atoms with Gasteiger partial charge in [0.2, 0.25) is 5.69 Å². The van der Waals surface area contributed by atoms with E-state index in [4.69, 9.17) is 6.57 Å². The lowest BCUT2D eigenvalue weighted by atomic mass is 9.72. The fourth-order valence-electron chi connectivity index (χ4n) is 8.41. The average molecular weight is 627 g/mol. The summed E-state index contributed by atoms with van der Waals surface area (Å²) in [4.78, 5) is 8.88. The van der Waals surface area contributed by atoms with E-state index in [0.717, 1.165) is 39.6 Å². The van der Waals surface area contributed by atoms with Gasteiger partial charge in [-0.05, 0) is 69.5 Å². The largest absolute Gasteiger partial charge is 0.318 e. The molecule has 0 amide bonds. The smallest absolute Gasteiger partial charge is 0.215 e. The lowest BCUT2D eigenvalue weighted by Gasteiger charge is -2.45. The van der Waals surface area contributed by atoms with Gasteiger partial charge in [0.15, 0.2) is 0 Å². The predicted octanol–water partition coefficient (Wildman–Crippen LogP) is 12.6. The molecule has 5 aromatic rings. The van der Waals surface area contributed by atoms with Crippen molar-refractivity contribution in [3.63, 3.8) is 0 Å². The topological polar surface area (TPSA) is 34.6 Å². The van der Waals surface area contributed by atoms with Crippen LogP contribution in [0.25, 0.3) is 4.85 Å². The minimum Gasteiger partial charge on any atom is -0.318 e. The first-order valence-electron chi connectivity index (χ1n) is 17.0. The third-order valence-electron chi connectivity index (χ3n) is 10.6. The lowest BCUT2D eigenvalue weighted by molar-refractivity contribution is 0.631. The van der Waals surface area contributed by atoms with Crippen LogP contribution in [0.4, 0.5) is 39.8 Å². The minimum atomic E-state index is -0.271. The van der Waals surface area contributed by atoms with Gasteiger partial charge in [-0.2, -0.15) is 5.26 Å². The van der Waals surface area contributed by atoms with Crippen molar-refractivity contribution in [3.8, 4) is 6.07 Å². The molecule has 238 valence electrons. The third-order valence-corrected chi connectivity index (χ3v) is 10.6. The van der Waals surface area contributed by atoms with Crippen LogP contribution < -0.4 is 9.80 Å². The molecule has 2 heterocycles. The molecule has 7 rings (SSSR count). The van der Waals surface area contributed by atoms with Crippen molar-refractivity contribution in [2.75, 3.05) is 9.80 Å². The number of fused-ring (bicyclic) bond motifs is 4. The second-order valence-corrected chi connectivity index (χ2v) is 14.8. The first-order valence-corrected chi connectivity index (χ1v) is 17.0. The zero-order valence-corrected chi connectivity index (χ0v) is 29.2. The highest BCUT2D eigenvalue weighted by molar-refractivity contribution is 6.02. The standard InChI is InChI=1S/C44H42N4/c1-27(2)38-39(28(3)4)41(47-34-22-14-10-18-30(34)43(5,6)31-19-11-15-23-35(31)47)29(26-45)42(40(38)46-9)48-36-24-16-12-20-32(36)44(7,8)33-21-13-17-25-37(33)48/h10-25,27-28H,1-8H3. The van der Waals surface area contributed by atoms with Crippen molar-refractivity contribution in [2.45, 2.75) is 78.1 Å². The van der Waals surface area contributed by atoms with Crippen molar-refractivity contribution in [1.82, 2.24) is 0 Å². The zero-order chi connectivity index (χ0) is 34.1. The molecule has 0 aromatic heterocycles. The molecule has 0 saturated heterocycles. The van der Waals surface area contributed by atoms with Crippen molar-refractivity contribution in [1.29, 1.82) is 5.26 Å². The van der Waals surface area contributed by atoms with Crippen LogP contribution in [0.1, 0.15) is 106 Å². The number of benzene rings is 5. The average Bonchev–Trinajstić information content (AvgIpc) is 3.08. The van der Waals surface area contributed by atoms with Crippen molar-refractivity contribution in [3.05, 3.63) is 147 Å². The Balaban J connectivity index is 1.70. The molecule has 4 heteroatoms. The van der Waals surface area contributed by atoms with Crippen molar-refractivity contribution < 1.29 is 0 Å². The van der Waals surface area contributed by atoms with Gasteiger partial charge in [0, 0.05) is 22.2 Å². The van der Waals surface area contributed by atoms with E-state index in [-0.39, 0.29) is 22.7 Å². The minimum absolute atomic E-state index is 0.0372. The number of anilines is 6. The SMILES string of the molecule is [C-]#[N+]c1c(C(C)C)c(C(C)C)c(N2c3ccccc3C(C)(C)c3ccccc32)c(C#N)c1N1c2ccccc2C(C)(C)c2ccccc21. The molecule has 4 nitrogen and oxygen atoms in total. The van der Waals surface area contributed by atoms with Gasteiger partial charge >= 0.3 is 0 Å². The summed E-state index contributed by atoms with van der Waals surface area (Å²) in [7, 11) is 0. The predicted molar refractivity (Wildman–Crippen MR) is 199 cm³/mol. The second-order valence-electron chi connectivity index (χ2n) is 14.8. The first kappa shape index (κ1) is 31.3. The van der Waals surface area contributed by atoms with Crippen LogP contribution in [0.5, 0.6) is 0 Å². The summed E-state index contributed by atoms with van der Waals surface area (Å²) in [5, 5.41) is 11.5. The van der Waals surface area contributed by atoms with E-state index in [2.05, 4.69) is 173 Å². The highest BCUT2D eigenvalue weighted by atomic mass is 15.2. The summed E-state index contributed by atoms with van der Waals surface area (Å²) in [6.45, 7) is 26.6. The quantitative estimate of drug-likeness (QED) is 0.186. The Kier molecular flexibility index (Phi) is 7.26. The molecule has 2 aliphatic heterocycles. The highest BCUT2D eigenvalue weighted by Crippen LogP contribution is 2.61. The van der Waals surface area contributed by atoms with E-state index in [1.165, 1.54) is 22.3 Å². The summed E-state index contributed by atoms with van der Waals surface area (Å²) in [5.41, 5.74) is 13.0. The summed E-state index contributed by atoms with van der Waals surface area (Å²) in [6, 6.07) is 36.9. The van der Waals surface area contributed by atoms with E-state index in [9.17, 15) is 5.26 Å². The van der Waals surface area contributed by atoms with E-state index in [1.807, 2.05) is 0 Å². The van der Waals surface area contributed by atoms with Gasteiger partial charge in [0.05, 0.1) is 34.9 Å². The van der Waals surface area contributed by atoms with E-state index in [1.54, 1.807) is 0 Å². The summed E-state index contributed by atoms with van der Waals surface area (Å²) in [6.07, 6.45) is 0. The van der Waals surface area contributed by atoms with Crippen LogP contribution >= 0.6 is 0 Å². The van der Waals surface area contributed by atoms with Gasteiger partial charge in [-0.1, -0.05) is 128 Å². The van der Waals surface area contributed by atoms with Crippen LogP contribution in [-0.2, 0) is 10.8 Å². The molecular weight excluding hydrogens is 585 g/mol. The molecule has 48 heavy (non-hydrogen) atoms. The molecule has 0 fully saturated rings. The zero-order valence-electron chi connectivity index (χ0n) is 29.2. The van der Waals surface area contributed by atoms with Crippen LogP contribution in [-0.4, -0.2) is 0 Å². The van der Waals surface area contributed by atoms with Gasteiger partial charge in [-0.3, -0.25) is 0 Å². The number of nitriles is 1. The number of para-hydroxylation sites is 4. The molecule has 0 bridgehead atoms. The summed E-state index contributed by atoms with van der Waals surface area (Å²) < 4.78 is 0. The number of rotatable bonds is 4. The monoisotopic (exact) mass is 626 g/mol. The van der Waals surface area contributed by atoms with Crippen LogP contribution in [0.2, 0.25) is 0 Å². The Morgan fingerprint density at radius 1 is 0.562 bits per heavy atom. The third kappa shape index (κ3) is 4.26. The molecule has 0 aliphatic carbocycles. The normalized spacial score (nSPS) is 15.2. The maximum absolute atomic E-state index is 11.5. The number of hydrogen-bond acceptors (Lipinski definition) is 3. The molecule has 0 saturated carbocycles. The van der Waals surface area contributed by atoms with Crippen molar-refractivity contribution in [2.24, 2.45) is 0 Å². The Bertz CT molecular complexity index is 2090. The molecule has 0 atom stereocenters. The molecule has 0 unspecified atom stereocenters.